The SMILES string of the molecule is NC(=O)[C@H]1CCCCN1C(=O)COC(=O)C1(c2ccc(F)cc2)CCCC1. The van der Waals surface area contributed by atoms with Crippen molar-refractivity contribution >= 4 is 17.8 Å². The number of nitrogens with zero attached hydrogens (tertiary/aromatic N) is 1. The van der Waals surface area contributed by atoms with Crippen molar-refractivity contribution in [2.45, 2.75) is 56.4 Å². The number of likely N-dealkylation sites (tertiary alicyclic amines) is 1. The van der Waals surface area contributed by atoms with Crippen LogP contribution in [-0.4, -0.2) is 41.9 Å². The predicted molar refractivity (Wildman–Crippen MR) is 96.1 cm³/mol. The Kier molecular flexibility index (Phi) is 5.77. The fourth-order valence-corrected chi connectivity index (χ4v) is 4.23. The summed E-state index contributed by atoms with van der Waals surface area (Å²) < 4.78 is 18.6. The molecule has 1 aromatic carbocycles. The molecule has 0 spiro atoms. The van der Waals surface area contributed by atoms with Crippen molar-refractivity contribution in [1.82, 2.24) is 4.90 Å². The first-order valence-corrected chi connectivity index (χ1v) is 9.46. The highest BCUT2D eigenvalue weighted by Crippen LogP contribution is 2.42. The lowest BCUT2D eigenvalue weighted by atomic mass is 9.79. The molecule has 1 aliphatic carbocycles. The second-order valence-corrected chi connectivity index (χ2v) is 7.37. The highest BCUT2D eigenvalue weighted by Gasteiger charge is 2.44. The molecule has 1 saturated carbocycles. The largest absolute Gasteiger partial charge is 0.455 e. The first kappa shape index (κ1) is 19.3. The average Bonchev–Trinajstić information content (AvgIpc) is 3.17. The molecule has 1 aromatic rings. The fraction of sp³-hybridized carbons (Fsp3) is 0.550. The number of hydrogen-bond donors (Lipinski definition) is 1. The molecule has 2 amide bonds. The second-order valence-electron chi connectivity index (χ2n) is 7.37. The normalized spacial score (nSPS) is 21.7. The number of amides is 2. The number of carbonyl (C=O) groups is 3. The van der Waals surface area contributed by atoms with Gasteiger partial charge in [-0.3, -0.25) is 14.4 Å². The molecule has 146 valence electrons. The molecule has 7 heteroatoms. The average molecular weight is 376 g/mol. The van der Waals surface area contributed by atoms with E-state index >= 15 is 0 Å². The number of rotatable bonds is 5. The van der Waals surface area contributed by atoms with Crippen LogP contribution in [0.1, 0.15) is 50.5 Å². The van der Waals surface area contributed by atoms with E-state index in [1.807, 2.05) is 0 Å². The molecule has 1 heterocycles. The van der Waals surface area contributed by atoms with Gasteiger partial charge in [-0.15, -0.1) is 0 Å². The number of nitrogens with two attached hydrogens (primary N) is 1. The van der Waals surface area contributed by atoms with Crippen LogP contribution < -0.4 is 5.73 Å². The monoisotopic (exact) mass is 376 g/mol. The maximum absolute atomic E-state index is 13.3. The van der Waals surface area contributed by atoms with E-state index in [1.165, 1.54) is 17.0 Å². The maximum Gasteiger partial charge on any atom is 0.317 e. The lowest BCUT2D eigenvalue weighted by molar-refractivity contribution is -0.159. The predicted octanol–water partition coefficient (Wildman–Crippen LogP) is 2.05. The van der Waals surface area contributed by atoms with E-state index in [9.17, 15) is 18.8 Å². The minimum atomic E-state index is -0.834. The topological polar surface area (TPSA) is 89.7 Å². The summed E-state index contributed by atoms with van der Waals surface area (Å²) in [6.45, 7) is 0.0264. The van der Waals surface area contributed by atoms with Crippen LogP contribution in [0, 0.1) is 5.82 Å². The van der Waals surface area contributed by atoms with Crippen molar-refractivity contribution in [2.24, 2.45) is 5.73 Å². The number of halogens is 1. The zero-order valence-corrected chi connectivity index (χ0v) is 15.3. The van der Waals surface area contributed by atoms with E-state index in [0.717, 1.165) is 25.7 Å². The van der Waals surface area contributed by atoms with Crippen LogP contribution in [0.4, 0.5) is 4.39 Å². The highest BCUT2D eigenvalue weighted by atomic mass is 19.1. The van der Waals surface area contributed by atoms with Gasteiger partial charge in [0.15, 0.2) is 6.61 Å². The standard InChI is InChI=1S/C20H25FN2O4/c21-15-8-6-14(7-9-15)20(10-2-3-11-20)19(26)27-13-17(24)23-12-4-1-5-16(23)18(22)25/h6-9,16H,1-5,10-13H2,(H2,22,25)/t16-/m1/s1. The van der Waals surface area contributed by atoms with Crippen molar-refractivity contribution in [3.8, 4) is 0 Å². The van der Waals surface area contributed by atoms with Crippen LogP contribution in [0.5, 0.6) is 0 Å². The lowest BCUT2D eigenvalue weighted by Gasteiger charge is -2.34. The van der Waals surface area contributed by atoms with Gasteiger partial charge in [0.05, 0.1) is 5.41 Å². The Hall–Kier alpha value is -2.44. The van der Waals surface area contributed by atoms with Crippen molar-refractivity contribution in [2.75, 3.05) is 13.2 Å². The van der Waals surface area contributed by atoms with Gasteiger partial charge in [0.2, 0.25) is 5.91 Å². The molecule has 0 aromatic heterocycles. The number of hydrogen-bond acceptors (Lipinski definition) is 4. The highest BCUT2D eigenvalue weighted by molar-refractivity contribution is 5.89. The van der Waals surface area contributed by atoms with Gasteiger partial charge in [-0.25, -0.2) is 4.39 Å². The van der Waals surface area contributed by atoms with E-state index in [-0.39, 0.29) is 5.82 Å². The Labute approximate surface area is 157 Å². The molecule has 2 aliphatic rings. The number of primary amides is 1. The van der Waals surface area contributed by atoms with Crippen LogP contribution >= 0.6 is 0 Å². The number of esters is 1. The van der Waals surface area contributed by atoms with Gasteiger partial charge in [0.1, 0.15) is 11.9 Å². The quantitative estimate of drug-likeness (QED) is 0.797. The molecular weight excluding hydrogens is 351 g/mol. The van der Waals surface area contributed by atoms with Crippen LogP contribution in [-0.2, 0) is 24.5 Å². The zero-order valence-electron chi connectivity index (χ0n) is 15.3. The van der Waals surface area contributed by atoms with E-state index in [1.54, 1.807) is 12.1 Å². The Balaban J connectivity index is 1.68. The summed E-state index contributed by atoms with van der Waals surface area (Å²) in [4.78, 5) is 38.4. The van der Waals surface area contributed by atoms with Gasteiger partial charge in [0.25, 0.3) is 5.91 Å². The third-order valence-corrected chi connectivity index (χ3v) is 5.72. The molecule has 2 fully saturated rings. The summed E-state index contributed by atoms with van der Waals surface area (Å²) in [7, 11) is 0. The number of piperidine rings is 1. The van der Waals surface area contributed by atoms with Gasteiger partial charge in [-0.05, 0) is 49.8 Å². The van der Waals surface area contributed by atoms with E-state index < -0.39 is 35.8 Å². The summed E-state index contributed by atoms with van der Waals surface area (Å²) >= 11 is 0. The summed E-state index contributed by atoms with van der Waals surface area (Å²) in [5, 5.41) is 0. The number of ether oxygens (including phenoxy) is 1. The lowest BCUT2D eigenvalue weighted by Crippen LogP contribution is -2.52. The Morgan fingerprint density at radius 2 is 1.78 bits per heavy atom. The summed E-state index contributed by atoms with van der Waals surface area (Å²) in [5.74, 6) is -1.77. The minimum Gasteiger partial charge on any atom is -0.455 e. The molecular formula is C20H25FN2O4. The molecule has 0 radical (unpaired) electrons. The molecule has 1 aliphatic heterocycles. The maximum atomic E-state index is 13.3. The van der Waals surface area contributed by atoms with Gasteiger partial charge < -0.3 is 15.4 Å². The molecule has 0 unspecified atom stereocenters. The summed E-state index contributed by atoms with van der Waals surface area (Å²) in [6.07, 6.45) is 5.13. The zero-order chi connectivity index (χ0) is 19.4. The number of benzene rings is 1. The molecule has 2 N–H and O–H groups in total. The van der Waals surface area contributed by atoms with Crippen LogP contribution in [0.15, 0.2) is 24.3 Å². The van der Waals surface area contributed by atoms with Crippen molar-refractivity contribution < 1.29 is 23.5 Å². The van der Waals surface area contributed by atoms with Crippen molar-refractivity contribution in [3.63, 3.8) is 0 Å². The van der Waals surface area contributed by atoms with Crippen LogP contribution in [0.3, 0.4) is 0 Å². The first-order chi connectivity index (χ1) is 12.9. The molecule has 3 rings (SSSR count). The van der Waals surface area contributed by atoms with Gasteiger partial charge in [0, 0.05) is 6.54 Å². The van der Waals surface area contributed by atoms with E-state index in [4.69, 9.17) is 10.5 Å². The Bertz CT molecular complexity index is 713. The van der Waals surface area contributed by atoms with E-state index in [2.05, 4.69) is 0 Å². The summed E-state index contributed by atoms with van der Waals surface area (Å²) in [5.41, 5.74) is 5.27. The third kappa shape index (κ3) is 3.96. The van der Waals surface area contributed by atoms with Crippen LogP contribution in [0.2, 0.25) is 0 Å². The second kappa shape index (κ2) is 8.06. The fourth-order valence-electron chi connectivity index (χ4n) is 4.23. The molecule has 27 heavy (non-hydrogen) atoms. The minimum absolute atomic E-state index is 0.363. The third-order valence-electron chi connectivity index (χ3n) is 5.72. The van der Waals surface area contributed by atoms with Crippen LogP contribution in [0.25, 0.3) is 0 Å². The Morgan fingerprint density at radius 3 is 2.41 bits per heavy atom. The molecule has 6 nitrogen and oxygen atoms in total. The molecule has 1 atom stereocenters. The van der Waals surface area contributed by atoms with Crippen molar-refractivity contribution in [1.29, 1.82) is 0 Å². The van der Waals surface area contributed by atoms with Gasteiger partial charge >= 0.3 is 5.97 Å². The molecule has 0 bridgehead atoms. The summed E-state index contributed by atoms with van der Waals surface area (Å²) in [6, 6.07) is 5.25. The van der Waals surface area contributed by atoms with Gasteiger partial charge in [-0.2, -0.15) is 0 Å². The smallest absolute Gasteiger partial charge is 0.317 e. The van der Waals surface area contributed by atoms with Crippen molar-refractivity contribution in [3.05, 3.63) is 35.6 Å². The molecule has 1 saturated heterocycles. The first-order valence-electron chi connectivity index (χ1n) is 9.46. The Morgan fingerprint density at radius 1 is 1.11 bits per heavy atom. The van der Waals surface area contributed by atoms with E-state index in [0.29, 0.717) is 31.4 Å². The number of carbonyl (C=O) groups excluding carboxylic acids is 3. The van der Waals surface area contributed by atoms with Gasteiger partial charge in [-0.1, -0.05) is 25.0 Å².